The summed E-state index contributed by atoms with van der Waals surface area (Å²) in [7, 11) is 0. The Labute approximate surface area is 91.3 Å². The topological polar surface area (TPSA) is 61.5 Å². The zero-order valence-corrected chi connectivity index (χ0v) is 9.04. The normalized spacial score (nSPS) is 18.8. The molecule has 2 rings (SSSR count). The third kappa shape index (κ3) is 1.88. The molecule has 1 aromatic heterocycles. The van der Waals surface area contributed by atoms with Crippen molar-refractivity contribution in [3.63, 3.8) is 0 Å². The van der Waals surface area contributed by atoms with E-state index in [1.54, 1.807) is 13.0 Å². The Hall–Kier alpha value is -1.33. The molecule has 2 N–H and O–H groups in total. The Bertz CT molecular complexity index is 411. The van der Waals surface area contributed by atoms with Crippen LogP contribution >= 0.6 is 11.3 Å². The Kier molecular flexibility index (Phi) is 2.75. The molecule has 0 bridgehead atoms. The van der Waals surface area contributed by atoms with Gasteiger partial charge >= 0.3 is 5.97 Å². The minimum atomic E-state index is -0.730. The number of esters is 1. The second kappa shape index (κ2) is 4.04. The van der Waals surface area contributed by atoms with Crippen molar-refractivity contribution in [2.45, 2.75) is 13.2 Å². The van der Waals surface area contributed by atoms with Crippen molar-refractivity contribution in [1.82, 2.24) is 0 Å². The van der Waals surface area contributed by atoms with E-state index in [1.165, 1.54) is 11.3 Å². The van der Waals surface area contributed by atoms with E-state index in [9.17, 15) is 4.79 Å². The zero-order valence-electron chi connectivity index (χ0n) is 8.23. The van der Waals surface area contributed by atoms with Crippen LogP contribution in [0.3, 0.4) is 0 Å². The molecule has 1 aliphatic rings. The van der Waals surface area contributed by atoms with Crippen molar-refractivity contribution in [3.8, 4) is 5.75 Å². The summed E-state index contributed by atoms with van der Waals surface area (Å²) >= 11 is 1.51. The molecule has 0 spiro atoms. The van der Waals surface area contributed by atoms with Crippen LogP contribution in [0.1, 0.15) is 12.5 Å². The monoisotopic (exact) mass is 225 g/mol. The van der Waals surface area contributed by atoms with Crippen LogP contribution in [0, 0.1) is 0 Å². The van der Waals surface area contributed by atoms with Crippen molar-refractivity contribution in [3.05, 3.63) is 21.9 Å². The number of rotatable bonds is 2. The molecule has 0 radical (unpaired) electrons. The van der Waals surface area contributed by atoms with Crippen molar-refractivity contribution >= 4 is 23.4 Å². The van der Waals surface area contributed by atoms with Crippen molar-refractivity contribution in [2.24, 2.45) is 5.73 Å². The third-order valence-electron chi connectivity index (χ3n) is 2.04. The van der Waals surface area contributed by atoms with Gasteiger partial charge in [-0.05, 0) is 13.0 Å². The van der Waals surface area contributed by atoms with Crippen LogP contribution in [-0.4, -0.2) is 18.8 Å². The van der Waals surface area contributed by atoms with Crippen molar-refractivity contribution < 1.29 is 14.3 Å². The van der Waals surface area contributed by atoms with Crippen molar-refractivity contribution in [1.29, 1.82) is 0 Å². The molecule has 2 heterocycles. The van der Waals surface area contributed by atoms with Crippen LogP contribution in [-0.2, 0) is 9.53 Å². The zero-order chi connectivity index (χ0) is 10.8. The Morgan fingerprint density at radius 2 is 2.47 bits per heavy atom. The Morgan fingerprint density at radius 3 is 3.20 bits per heavy atom. The summed E-state index contributed by atoms with van der Waals surface area (Å²) in [5.41, 5.74) is 6.94. The minimum absolute atomic E-state index is 0.333. The van der Waals surface area contributed by atoms with Crippen LogP contribution < -0.4 is 10.5 Å². The fourth-order valence-corrected chi connectivity index (χ4v) is 2.05. The number of fused-ring (bicyclic) bond motifs is 1. The van der Waals surface area contributed by atoms with Gasteiger partial charge in [0.15, 0.2) is 6.23 Å². The molecular weight excluding hydrogens is 214 g/mol. The van der Waals surface area contributed by atoms with Gasteiger partial charge < -0.3 is 9.47 Å². The molecule has 0 unspecified atom stereocenters. The molecule has 1 aromatic rings. The second-order valence-electron chi connectivity index (χ2n) is 3.05. The van der Waals surface area contributed by atoms with E-state index in [1.807, 2.05) is 10.8 Å². The molecule has 0 amide bonds. The molecule has 4 nitrogen and oxygen atoms in total. The van der Waals surface area contributed by atoms with Crippen LogP contribution in [0.4, 0.5) is 0 Å². The summed E-state index contributed by atoms with van der Waals surface area (Å²) < 4.78 is 10.3. The summed E-state index contributed by atoms with van der Waals surface area (Å²) in [6.07, 6.45) is 0.990. The largest absolute Gasteiger partial charge is 0.470 e. The maximum absolute atomic E-state index is 11.5. The Balaban J connectivity index is 2.29. The van der Waals surface area contributed by atoms with Crippen LogP contribution in [0.25, 0.3) is 6.08 Å². The standard InChI is InChI=1S/C10H11NO3S/c1-2-13-10(12)7-3-6-4-15-5-8(6)14-9(7)11/h3-5,9H,2,11H2,1H3/t9-/m1/s1. The first kappa shape index (κ1) is 10.2. The van der Waals surface area contributed by atoms with Gasteiger partial charge in [0.25, 0.3) is 0 Å². The molecule has 1 aliphatic heterocycles. The lowest BCUT2D eigenvalue weighted by molar-refractivity contribution is -0.139. The second-order valence-corrected chi connectivity index (χ2v) is 3.79. The lowest BCUT2D eigenvalue weighted by Crippen LogP contribution is -2.35. The fourth-order valence-electron chi connectivity index (χ4n) is 1.34. The molecule has 0 saturated carbocycles. The number of thiophene rings is 1. The van der Waals surface area contributed by atoms with Crippen molar-refractivity contribution in [2.75, 3.05) is 6.61 Å². The summed E-state index contributed by atoms with van der Waals surface area (Å²) in [5.74, 6) is 0.308. The average Bonchev–Trinajstić information content (AvgIpc) is 2.63. The number of nitrogens with two attached hydrogens (primary N) is 1. The van der Waals surface area contributed by atoms with E-state index in [2.05, 4.69) is 0 Å². The van der Waals surface area contributed by atoms with Gasteiger partial charge in [-0.25, -0.2) is 4.79 Å². The van der Waals surface area contributed by atoms with E-state index in [-0.39, 0.29) is 0 Å². The summed E-state index contributed by atoms with van der Waals surface area (Å²) in [6.45, 7) is 2.09. The van der Waals surface area contributed by atoms with Gasteiger partial charge in [-0.3, -0.25) is 5.73 Å². The fraction of sp³-hybridized carbons (Fsp3) is 0.300. The molecule has 0 saturated heterocycles. The number of ether oxygens (including phenoxy) is 2. The summed E-state index contributed by atoms with van der Waals surface area (Å²) in [6, 6.07) is 0. The van der Waals surface area contributed by atoms with Gasteiger partial charge in [-0.1, -0.05) is 0 Å². The van der Waals surface area contributed by atoms with E-state index in [0.29, 0.717) is 12.2 Å². The summed E-state index contributed by atoms with van der Waals surface area (Å²) in [4.78, 5) is 11.5. The lowest BCUT2D eigenvalue weighted by Gasteiger charge is -2.20. The van der Waals surface area contributed by atoms with Crippen LogP contribution in [0.2, 0.25) is 0 Å². The maximum Gasteiger partial charge on any atom is 0.339 e. The van der Waals surface area contributed by atoms with Gasteiger partial charge in [0.1, 0.15) is 5.75 Å². The molecule has 80 valence electrons. The highest BCUT2D eigenvalue weighted by Crippen LogP contribution is 2.31. The first-order valence-corrected chi connectivity index (χ1v) is 5.53. The van der Waals surface area contributed by atoms with E-state index in [0.717, 1.165) is 11.3 Å². The molecule has 5 heteroatoms. The van der Waals surface area contributed by atoms with Gasteiger partial charge in [-0.15, -0.1) is 11.3 Å². The van der Waals surface area contributed by atoms with Crippen LogP contribution in [0.5, 0.6) is 5.75 Å². The first-order valence-electron chi connectivity index (χ1n) is 4.59. The smallest absolute Gasteiger partial charge is 0.339 e. The third-order valence-corrected chi connectivity index (χ3v) is 2.78. The van der Waals surface area contributed by atoms with E-state index < -0.39 is 12.2 Å². The maximum atomic E-state index is 11.5. The van der Waals surface area contributed by atoms with Gasteiger partial charge in [0.05, 0.1) is 12.2 Å². The highest BCUT2D eigenvalue weighted by atomic mass is 32.1. The molecule has 15 heavy (non-hydrogen) atoms. The average molecular weight is 225 g/mol. The molecule has 0 fully saturated rings. The summed E-state index contributed by atoms with van der Waals surface area (Å²) in [5, 5.41) is 3.76. The van der Waals surface area contributed by atoms with Gasteiger partial charge in [0.2, 0.25) is 0 Å². The highest BCUT2D eigenvalue weighted by Gasteiger charge is 2.25. The van der Waals surface area contributed by atoms with E-state index >= 15 is 0 Å². The van der Waals surface area contributed by atoms with Gasteiger partial charge in [-0.2, -0.15) is 0 Å². The highest BCUT2D eigenvalue weighted by molar-refractivity contribution is 7.08. The predicted octanol–water partition coefficient (Wildman–Crippen LogP) is 1.37. The number of carbonyl (C=O) groups excluding carboxylic acids is 1. The number of hydrogen-bond donors (Lipinski definition) is 1. The lowest BCUT2D eigenvalue weighted by atomic mass is 10.1. The predicted molar refractivity (Wildman–Crippen MR) is 57.5 cm³/mol. The molecular formula is C10H11NO3S. The first-order chi connectivity index (χ1) is 7.22. The number of hydrogen-bond acceptors (Lipinski definition) is 5. The van der Waals surface area contributed by atoms with E-state index in [4.69, 9.17) is 15.2 Å². The molecule has 1 atom stereocenters. The van der Waals surface area contributed by atoms with Crippen LogP contribution in [0.15, 0.2) is 16.3 Å². The number of carbonyl (C=O) groups is 1. The molecule has 0 aliphatic carbocycles. The van der Waals surface area contributed by atoms with Gasteiger partial charge in [0, 0.05) is 16.3 Å². The SMILES string of the molecule is CCOC(=O)C1=Cc2cscc2O[C@H]1N. The quantitative estimate of drug-likeness (QED) is 0.772. The Morgan fingerprint density at radius 1 is 1.67 bits per heavy atom. The minimum Gasteiger partial charge on any atom is -0.470 e. The molecule has 0 aromatic carbocycles.